The maximum Gasteiger partial charge on any atom is 0.240 e. The lowest BCUT2D eigenvalue weighted by molar-refractivity contribution is -0.153. The van der Waals surface area contributed by atoms with Crippen LogP contribution in [0, 0.1) is 0 Å². The SMILES string of the molecule is CC(C)N1CC[C@H]1C(=O)N1CCOC[C@H]1CO. The zero-order valence-electron chi connectivity index (χ0n) is 10.6. The molecule has 2 fully saturated rings. The fourth-order valence-corrected chi connectivity index (χ4v) is 2.58. The van der Waals surface area contributed by atoms with Crippen LogP contribution in [0.15, 0.2) is 0 Å². The quantitative estimate of drug-likeness (QED) is 0.737. The first-order valence-corrected chi connectivity index (χ1v) is 6.40. The van der Waals surface area contributed by atoms with E-state index in [0.29, 0.717) is 25.8 Å². The molecule has 5 nitrogen and oxygen atoms in total. The number of aliphatic hydroxyl groups is 1. The summed E-state index contributed by atoms with van der Waals surface area (Å²) >= 11 is 0. The first-order chi connectivity index (χ1) is 8.15. The molecule has 17 heavy (non-hydrogen) atoms. The standard InChI is InChI=1S/C12H22N2O3/c1-9(2)13-4-3-11(13)12(16)14-5-6-17-8-10(14)7-15/h9-11,15H,3-8H2,1-2H3/t10-,11+/m1/s1. The predicted octanol–water partition coefficient (Wildman–Crippen LogP) is -0.311. The maximum absolute atomic E-state index is 12.4. The van der Waals surface area contributed by atoms with Gasteiger partial charge in [0.25, 0.3) is 0 Å². The lowest BCUT2D eigenvalue weighted by Crippen LogP contribution is -2.62. The largest absolute Gasteiger partial charge is 0.394 e. The summed E-state index contributed by atoms with van der Waals surface area (Å²) in [5.41, 5.74) is 0. The second-order valence-corrected chi connectivity index (χ2v) is 5.08. The van der Waals surface area contributed by atoms with Crippen LogP contribution in [0.4, 0.5) is 0 Å². The minimum Gasteiger partial charge on any atom is -0.394 e. The summed E-state index contributed by atoms with van der Waals surface area (Å²) in [7, 11) is 0. The average molecular weight is 242 g/mol. The molecule has 1 N–H and O–H groups in total. The molecule has 0 aromatic carbocycles. The maximum atomic E-state index is 12.4. The van der Waals surface area contributed by atoms with Gasteiger partial charge in [-0.05, 0) is 20.3 Å². The molecule has 0 unspecified atom stereocenters. The van der Waals surface area contributed by atoms with Crippen LogP contribution in [-0.4, -0.2) is 71.8 Å². The summed E-state index contributed by atoms with van der Waals surface area (Å²) in [6, 6.07) is 0.263. The number of carbonyl (C=O) groups is 1. The molecular formula is C12H22N2O3. The van der Waals surface area contributed by atoms with E-state index in [-0.39, 0.29) is 24.6 Å². The zero-order valence-corrected chi connectivity index (χ0v) is 10.6. The Morgan fingerprint density at radius 1 is 1.47 bits per heavy atom. The van der Waals surface area contributed by atoms with Gasteiger partial charge in [0, 0.05) is 19.1 Å². The van der Waals surface area contributed by atoms with Gasteiger partial charge in [-0.3, -0.25) is 9.69 Å². The Balaban J connectivity index is 1.98. The van der Waals surface area contributed by atoms with Crippen LogP contribution in [0.1, 0.15) is 20.3 Å². The molecular weight excluding hydrogens is 220 g/mol. The van der Waals surface area contributed by atoms with Crippen molar-refractivity contribution in [3.63, 3.8) is 0 Å². The van der Waals surface area contributed by atoms with E-state index in [1.807, 2.05) is 0 Å². The van der Waals surface area contributed by atoms with E-state index in [4.69, 9.17) is 4.74 Å². The molecule has 2 heterocycles. The van der Waals surface area contributed by atoms with Crippen LogP contribution < -0.4 is 0 Å². The van der Waals surface area contributed by atoms with Crippen LogP contribution >= 0.6 is 0 Å². The number of ether oxygens (including phenoxy) is 1. The van der Waals surface area contributed by atoms with Gasteiger partial charge >= 0.3 is 0 Å². The van der Waals surface area contributed by atoms with Crippen molar-refractivity contribution in [1.29, 1.82) is 0 Å². The van der Waals surface area contributed by atoms with Crippen LogP contribution in [0.25, 0.3) is 0 Å². The summed E-state index contributed by atoms with van der Waals surface area (Å²) in [6.07, 6.45) is 0.937. The monoisotopic (exact) mass is 242 g/mol. The summed E-state index contributed by atoms with van der Waals surface area (Å²) in [5.74, 6) is 0.160. The lowest BCUT2D eigenvalue weighted by Gasteiger charge is -2.46. The van der Waals surface area contributed by atoms with Gasteiger partial charge in [-0.1, -0.05) is 0 Å². The van der Waals surface area contributed by atoms with Crippen LogP contribution in [0.3, 0.4) is 0 Å². The van der Waals surface area contributed by atoms with Crippen LogP contribution in [0.2, 0.25) is 0 Å². The molecule has 0 radical (unpaired) electrons. The van der Waals surface area contributed by atoms with E-state index < -0.39 is 0 Å². The van der Waals surface area contributed by atoms with E-state index in [0.717, 1.165) is 13.0 Å². The van der Waals surface area contributed by atoms with Gasteiger partial charge < -0.3 is 14.7 Å². The van der Waals surface area contributed by atoms with Gasteiger partial charge in [-0.2, -0.15) is 0 Å². The van der Waals surface area contributed by atoms with Crippen LogP contribution in [-0.2, 0) is 9.53 Å². The highest BCUT2D eigenvalue weighted by atomic mass is 16.5. The minimum absolute atomic E-state index is 0.0138. The van der Waals surface area contributed by atoms with E-state index in [1.165, 1.54) is 0 Å². The molecule has 2 rings (SSSR count). The Hall–Kier alpha value is -0.650. The third-order valence-corrected chi connectivity index (χ3v) is 3.73. The Bertz CT molecular complexity index is 283. The van der Waals surface area contributed by atoms with Crippen molar-refractivity contribution < 1.29 is 14.6 Å². The van der Waals surface area contributed by atoms with Crippen molar-refractivity contribution in [1.82, 2.24) is 9.80 Å². The molecule has 0 aliphatic carbocycles. The predicted molar refractivity (Wildman–Crippen MR) is 63.7 cm³/mol. The number of aliphatic hydroxyl groups excluding tert-OH is 1. The Morgan fingerprint density at radius 3 is 2.76 bits per heavy atom. The zero-order chi connectivity index (χ0) is 12.4. The Kier molecular flexibility index (Phi) is 4.01. The Morgan fingerprint density at radius 2 is 2.24 bits per heavy atom. The molecule has 1 amide bonds. The number of nitrogens with zero attached hydrogens (tertiary/aromatic N) is 2. The van der Waals surface area contributed by atoms with Crippen molar-refractivity contribution in [3.8, 4) is 0 Å². The topological polar surface area (TPSA) is 53.0 Å². The van der Waals surface area contributed by atoms with E-state index in [9.17, 15) is 9.90 Å². The first kappa shape index (κ1) is 12.8. The first-order valence-electron chi connectivity index (χ1n) is 6.40. The van der Waals surface area contributed by atoms with Crippen molar-refractivity contribution >= 4 is 5.91 Å². The summed E-state index contributed by atoms with van der Waals surface area (Å²) in [5, 5.41) is 9.27. The molecule has 0 aromatic heterocycles. The Labute approximate surface area is 102 Å². The number of amides is 1. The number of rotatable bonds is 3. The van der Waals surface area contributed by atoms with Crippen LogP contribution in [0.5, 0.6) is 0 Å². The third-order valence-electron chi connectivity index (χ3n) is 3.73. The van der Waals surface area contributed by atoms with Gasteiger partial charge in [0.2, 0.25) is 5.91 Å². The lowest BCUT2D eigenvalue weighted by atomic mass is 9.98. The van der Waals surface area contributed by atoms with Crippen molar-refractivity contribution in [2.45, 2.75) is 38.4 Å². The van der Waals surface area contributed by atoms with Gasteiger partial charge in [-0.25, -0.2) is 0 Å². The normalized spacial score (nSPS) is 30.5. The smallest absolute Gasteiger partial charge is 0.240 e. The van der Waals surface area contributed by atoms with Gasteiger partial charge in [0.1, 0.15) is 0 Å². The minimum atomic E-state index is -0.161. The molecule has 2 saturated heterocycles. The molecule has 2 aliphatic rings. The number of carbonyl (C=O) groups excluding carboxylic acids is 1. The second-order valence-electron chi connectivity index (χ2n) is 5.08. The summed E-state index contributed by atoms with van der Waals surface area (Å²) in [6.45, 7) is 6.85. The molecule has 0 aromatic rings. The average Bonchev–Trinajstić information content (AvgIpc) is 2.26. The van der Waals surface area contributed by atoms with E-state index in [2.05, 4.69) is 18.7 Å². The highest BCUT2D eigenvalue weighted by Crippen LogP contribution is 2.23. The molecule has 5 heteroatoms. The third kappa shape index (κ3) is 2.46. The molecule has 98 valence electrons. The fraction of sp³-hybridized carbons (Fsp3) is 0.917. The van der Waals surface area contributed by atoms with Crippen molar-refractivity contribution in [2.75, 3.05) is 32.9 Å². The summed E-state index contributed by atoms with van der Waals surface area (Å²) < 4.78 is 5.29. The summed E-state index contributed by atoms with van der Waals surface area (Å²) in [4.78, 5) is 16.4. The number of hydrogen-bond acceptors (Lipinski definition) is 4. The highest BCUT2D eigenvalue weighted by Gasteiger charge is 2.40. The number of hydrogen-bond donors (Lipinski definition) is 1. The molecule has 0 saturated carbocycles. The van der Waals surface area contributed by atoms with E-state index in [1.54, 1.807) is 4.90 Å². The van der Waals surface area contributed by atoms with Crippen molar-refractivity contribution in [3.05, 3.63) is 0 Å². The molecule has 2 atom stereocenters. The van der Waals surface area contributed by atoms with Gasteiger partial charge in [-0.15, -0.1) is 0 Å². The number of likely N-dealkylation sites (tertiary alicyclic amines) is 1. The van der Waals surface area contributed by atoms with Crippen molar-refractivity contribution in [2.24, 2.45) is 0 Å². The number of morpholine rings is 1. The molecule has 0 bridgehead atoms. The van der Waals surface area contributed by atoms with E-state index >= 15 is 0 Å². The second kappa shape index (κ2) is 5.33. The van der Waals surface area contributed by atoms with Gasteiger partial charge in [0.05, 0.1) is 31.9 Å². The highest BCUT2D eigenvalue weighted by molar-refractivity contribution is 5.83. The molecule has 2 aliphatic heterocycles. The molecule has 0 spiro atoms. The fourth-order valence-electron chi connectivity index (χ4n) is 2.58. The van der Waals surface area contributed by atoms with Gasteiger partial charge in [0.15, 0.2) is 0 Å².